The lowest BCUT2D eigenvalue weighted by atomic mass is 9.99. The number of hydrogen-bond acceptors (Lipinski definition) is 2. The number of nitrogen functional groups attached to an aromatic ring is 1. The second-order valence-electron chi connectivity index (χ2n) is 5.95. The molecule has 120 valence electrons. The second-order valence-corrected chi connectivity index (χ2v) is 5.95. The summed E-state index contributed by atoms with van der Waals surface area (Å²) in [4.78, 5) is 4.88. The van der Waals surface area contributed by atoms with Crippen LogP contribution in [-0.2, 0) is 0 Å². The van der Waals surface area contributed by atoms with Crippen LogP contribution in [0, 0.1) is 0 Å². The van der Waals surface area contributed by atoms with Gasteiger partial charge in [-0.25, -0.2) is 4.98 Å². The fraction of sp³-hybridized carbons (Fsp3) is 0. The first-order valence-corrected chi connectivity index (χ1v) is 8.29. The van der Waals surface area contributed by atoms with Gasteiger partial charge in [-0.05, 0) is 29.3 Å². The molecular weight excluding hydrogens is 304 g/mol. The minimum absolute atomic E-state index is 0.735. The van der Waals surface area contributed by atoms with Gasteiger partial charge in [0.15, 0.2) is 0 Å². The summed E-state index contributed by atoms with van der Waals surface area (Å²) < 4.78 is 0. The molecule has 0 amide bonds. The zero-order valence-corrected chi connectivity index (χ0v) is 13.8. The molecule has 0 aliphatic rings. The number of anilines is 1. The number of nitrogens with two attached hydrogens (primary N) is 1. The SMILES string of the molecule is Nc1ccccc1-c1cc(-c2ccccc2)cc(-c2ccccc2)n1. The molecule has 0 aliphatic heterocycles. The summed E-state index contributed by atoms with van der Waals surface area (Å²) in [5, 5.41) is 0. The Bertz CT molecular complexity index is 935. The molecule has 0 spiro atoms. The van der Waals surface area contributed by atoms with Crippen LogP contribution in [0.15, 0.2) is 97.1 Å². The number of hydrogen-bond donors (Lipinski definition) is 1. The average Bonchev–Trinajstić information content (AvgIpc) is 2.69. The van der Waals surface area contributed by atoms with Crippen LogP contribution in [0.25, 0.3) is 33.6 Å². The molecular formula is C23H18N2. The van der Waals surface area contributed by atoms with Crippen molar-refractivity contribution in [3.05, 3.63) is 97.1 Å². The highest BCUT2D eigenvalue weighted by Crippen LogP contribution is 2.32. The summed E-state index contributed by atoms with van der Waals surface area (Å²) in [5.41, 5.74) is 13.1. The predicted molar refractivity (Wildman–Crippen MR) is 105 cm³/mol. The van der Waals surface area contributed by atoms with Gasteiger partial charge in [0.2, 0.25) is 0 Å². The maximum absolute atomic E-state index is 6.19. The smallest absolute Gasteiger partial charge is 0.0736 e. The monoisotopic (exact) mass is 322 g/mol. The molecule has 2 heteroatoms. The highest BCUT2D eigenvalue weighted by Gasteiger charge is 2.10. The molecule has 0 atom stereocenters. The van der Waals surface area contributed by atoms with Crippen LogP contribution in [0.4, 0.5) is 5.69 Å². The van der Waals surface area contributed by atoms with Gasteiger partial charge in [-0.15, -0.1) is 0 Å². The Hall–Kier alpha value is -3.39. The van der Waals surface area contributed by atoms with Gasteiger partial charge in [0.25, 0.3) is 0 Å². The van der Waals surface area contributed by atoms with Crippen LogP contribution < -0.4 is 5.73 Å². The van der Waals surface area contributed by atoms with Crippen molar-refractivity contribution in [1.29, 1.82) is 0 Å². The quantitative estimate of drug-likeness (QED) is 0.494. The molecule has 1 heterocycles. The number of rotatable bonds is 3. The topological polar surface area (TPSA) is 38.9 Å². The summed E-state index contributed by atoms with van der Waals surface area (Å²) in [6.45, 7) is 0. The Morgan fingerprint density at radius 3 is 1.76 bits per heavy atom. The molecule has 0 saturated heterocycles. The summed E-state index contributed by atoms with van der Waals surface area (Å²) in [6, 6.07) is 32.7. The molecule has 2 N–H and O–H groups in total. The zero-order valence-electron chi connectivity index (χ0n) is 13.8. The molecule has 0 radical (unpaired) electrons. The highest BCUT2D eigenvalue weighted by molar-refractivity contribution is 5.80. The molecule has 4 rings (SSSR count). The van der Waals surface area contributed by atoms with Gasteiger partial charge < -0.3 is 5.73 Å². The van der Waals surface area contributed by atoms with Gasteiger partial charge in [-0.3, -0.25) is 0 Å². The van der Waals surface area contributed by atoms with Crippen LogP contribution >= 0.6 is 0 Å². The molecule has 0 bridgehead atoms. The third-order valence-corrected chi connectivity index (χ3v) is 4.24. The number of benzene rings is 3. The minimum Gasteiger partial charge on any atom is -0.398 e. The van der Waals surface area contributed by atoms with Crippen molar-refractivity contribution < 1.29 is 0 Å². The van der Waals surface area contributed by atoms with Crippen molar-refractivity contribution in [2.45, 2.75) is 0 Å². The summed E-state index contributed by atoms with van der Waals surface area (Å²) in [5.74, 6) is 0. The Kier molecular flexibility index (Phi) is 4.01. The molecule has 3 aromatic carbocycles. The van der Waals surface area contributed by atoms with Crippen LogP contribution in [0.1, 0.15) is 0 Å². The Morgan fingerprint density at radius 1 is 0.520 bits per heavy atom. The largest absolute Gasteiger partial charge is 0.398 e. The van der Waals surface area contributed by atoms with Crippen molar-refractivity contribution in [2.24, 2.45) is 0 Å². The molecule has 4 aromatic rings. The van der Waals surface area contributed by atoms with Crippen molar-refractivity contribution >= 4 is 5.69 Å². The fourth-order valence-electron chi connectivity index (χ4n) is 2.95. The van der Waals surface area contributed by atoms with E-state index in [4.69, 9.17) is 10.7 Å². The normalized spacial score (nSPS) is 10.6. The zero-order chi connectivity index (χ0) is 17.1. The van der Waals surface area contributed by atoms with Gasteiger partial charge in [-0.2, -0.15) is 0 Å². The van der Waals surface area contributed by atoms with E-state index in [-0.39, 0.29) is 0 Å². The van der Waals surface area contributed by atoms with Crippen molar-refractivity contribution in [3.63, 3.8) is 0 Å². The first-order chi connectivity index (χ1) is 12.3. The summed E-state index contributed by atoms with van der Waals surface area (Å²) in [7, 11) is 0. The van der Waals surface area contributed by atoms with Gasteiger partial charge in [0, 0.05) is 16.8 Å². The van der Waals surface area contributed by atoms with Gasteiger partial charge >= 0.3 is 0 Å². The van der Waals surface area contributed by atoms with Gasteiger partial charge in [0.1, 0.15) is 0 Å². The fourth-order valence-corrected chi connectivity index (χ4v) is 2.95. The van der Waals surface area contributed by atoms with Crippen LogP contribution in [-0.4, -0.2) is 4.98 Å². The molecule has 0 fully saturated rings. The lowest BCUT2D eigenvalue weighted by Gasteiger charge is -2.11. The lowest BCUT2D eigenvalue weighted by Crippen LogP contribution is -1.94. The molecule has 0 saturated carbocycles. The minimum atomic E-state index is 0.735. The van der Waals surface area contributed by atoms with Gasteiger partial charge in [0.05, 0.1) is 11.4 Å². The van der Waals surface area contributed by atoms with E-state index >= 15 is 0 Å². The van der Waals surface area contributed by atoms with Crippen LogP contribution in [0.2, 0.25) is 0 Å². The summed E-state index contributed by atoms with van der Waals surface area (Å²) in [6.07, 6.45) is 0. The summed E-state index contributed by atoms with van der Waals surface area (Å²) >= 11 is 0. The number of para-hydroxylation sites is 1. The van der Waals surface area contributed by atoms with Crippen molar-refractivity contribution in [3.8, 4) is 33.6 Å². The number of aromatic nitrogens is 1. The number of nitrogens with zero attached hydrogens (tertiary/aromatic N) is 1. The maximum atomic E-state index is 6.19. The molecule has 1 aromatic heterocycles. The van der Waals surface area contributed by atoms with E-state index in [2.05, 4.69) is 48.5 Å². The van der Waals surface area contributed by atoms with E-state index in [0.29, 0.717) is 0 Å². The standard InChI is InChI=1S/C23H18N2/c24-21-14-8-7-13-20(21)23-16-19(17-9-3-1-4-10-17)15-22(25-23)18-11-5-2-6-12-18/h1-16H,24H2. The average molecular weight is 322 g/mol. The van der Waals surface area contributed by atoms with E-state index < -0.39 is 0 Å². The number of pyridine rings is 1. The first-order valence-electron chi connectivity index (χ1n) is 8.29. The van der Waals surface area contributed by atoms with Crippen LogP contribution in [0.5, 0.6) is 0 Å². The van der Waals surface area contributed by atoms with Crippen LogP contribution in [0.3, 0.4) is 0 Å². The van der Waals surface area contributed by atoms with E-state index in [0.717, 1.165) is 39.3 Å². The van der Waals surface area contributed by atoms with E-state index in [9.17, 15) is 0 Å². The Balaban J connectivity index is 1.94. The third kappa shape index (κ3) is 3.15. The molecule has 0 aliphatic carbocycles. The molecule has 25 heavy (non-hydrogen) atoms. The van der Waals surface area contributed by atoms with E-state index in [1.807, 2.05) is 48.5 Å². The third-order valence-electron chi connectivity index (χ3n) is 4.24. The van der Waals surface area contributed by atoms with Crippen molar-refractivity contribution in [2.75, 3.05) is 5.73 Å². The highest BCUT2D eigenvalue weighted by atomic mass is 14.7. The predicted octanol–water partition coefficient (Wildman–Crippen LogP) is 5.66. The first kappa shape index (κ1) is 15.2. The Morgan fingerprint density at radius 2 is 1.08 bits per heavy atom. The molecule has 2 nitrogen and oxygen atoms in total. The van der Waals surface area contributed by atoms with Gasteiger partial charge in [-0.1, -0.05) is 78.9 Å². The lowest BCUT2D eigenvalue weighted by molar-refractivity contribution is 1.32. The second kappa shape index (κ2) is 6.62. The maximum Gasteiger partial charge on any atom is 0.0736 e. The Labute approximate surface area is 147 Å². The van der Waals surface area contributed by atoms with Crippen molar-refractivity contribution in [1.82, 2.24) is 4.98 Å². The molecule has 0 unspecified atom stereocenters. The van der Waals surface area contributed by atoms with E-state index in [1.165, 1.54) is 0 Å². The van der Waals surface area contributed by atoms with E-state index in [1.54, 1.807) is 0 Å².